The summed E-state index contributed by atoms with van der Waals surface area (Å²) in [5, 5.41) is 9.03. The molecule has 1 aromatic rings. The Bertz CT molecular complexity index is 382. The summed E-state index contributed by atoms with van der Waals surface area (Å²) in [5.74, 6) is 1.03. The summed E-state index contributed by atoms with van der Waals surface area (Å²) in [6.45, 7) is 4.40. The van der Waals surface area contributed by atoms with Gasteiger partial charge in [0.2, 0.25) is 0 Å². The SMILES string of the molecule is CCC(C)c1cccc(C#N)c1OCOC. The molecule has 0 N–H and O–H groups in total. The topological polar surface area (TPSA) is 42.2 Å². The van der Waals surface area contributed by atoms with Crippen LogP contribution in [0.4, 0.5) is 0 Å². The van der Waals surface area contributed by atoms with Gasteiger partial charge in [-0.3, -0.25) is 0 Å². The lowest BCUT2D eigenvalue weighted by atomic mass is 9.96. The lowest BCUT2D eigenvalue weighted by Gasteiger charge is -2.16. The van der Waals surface area contributed by atoms with Crippen LogP contribution in [0.1, 0.15) is 37.3 Å². The summed E-state index contributed by atoms with van der Waals surface area (Å²) in [6.07, 6.45) is 1.01. The smallest absolute Gasteiger partial charge is 0.188 e. The van der Waals surface area contributed by atoms with Crippen molar-refractivity contribution < 1.29 is 9.47 Å². The number of hydrogen-bond acceptors (Lipinski definition) is 3. The van der Waals surface area contributed by atoms with Gasteiger partial charge in [0.25, 0.3) is 0 Å². The lowest BCUT2D eigenvalue weighted by molar-refractivity contribution is 0.0500. The molecular weight excluding hydrogens is 202 g/mol. The van der Waals surface area contributed by atoms with E-state index < -0.39 is 0 Å². The van der Waals surface area contributed by atoms with Gasteiger partial charge in [-0.05, 0) is 24.0 Å². The molecule has 0 aliphatic rings. The maximum atomic E-state index is 9.03. The summed E-state index contributed by atoms with van der Waals surface area (Å²) in [6, 6.07) is 7.79. The molecule has 1 rings (SSSR count). The van der Waals surface area contributed by atoms with E-state index in [2.05, 4.69) is 19.9 Å². The number of nitriles is 1. The van der Waals surface area contributed by atoms with Crippen molar-refractivity contribution in [1.82, 2.24) is 0 Å². The van der Waals surface area contributed by atoms with Gasteiger partial charge in [0, 0.05) is 7.11 Å². The predicted molar refractivity (Wildman–Crippen MR) is 62.4 cm³/mol. The van der Waals surface area contributed by atoms with Gasteiger partial charge in [-0.1, -0.05) is 26.0 Å². The fourth-order valence-corrected chi connectivity index (χ4v) is 1.53. The van der Waals surface area contributed by atoms with Gasteiger partial charge in [0.05, 0.1) is 5.56 Å². The zero-order chi connectivity index (χ0) is 12.0. The molecule has 0 bridgehead atoms. The van der Waals surface area contributed by atoms with Crippen molar-refractivity contribution in [1.29, 1.82) is 5.26 Å². The highest BCUT2D eigenvalue weighted by Crippen LogP contribution is 2.31. The van der Waals surface area contributed by atoms with Crippen LogP contribution in [0.3, 0.4) is 0 Å². The summed E-state index contributed by atoms with van der Waals surface area (Å²) < 4.78 is 10.4. The second-order valence-electron chi connectivity index (χ2n) is 3.70. The van der Waals surface area contributed by atoms with E-state index in [1.54, 1.807) is 13.2 Å². The number of para-hydroxylation sites is 1. The first kappa shape index (κ1) is 12.5. The average Bonchev–Trinajstić information content (AvgIpc) is 2.34. The third-order valence-corrected chi connectivity index (χ3v) is 2.63. The van der Waals surface area contributed by atoms with E-state index in [1.807, 2.05) is 12.1 Å². The van der Waals surface area contributed by atoms with Gasteiger partial charge in [-0.25, -0.2) is 0 Å². The fraction of sp³-hybridized carbons (Fsp3) is 0.462. The second kappa shape index (κ2) is 6.14. The highest BCUT2D eigenvalue weighted by atomic mass is 16.7. The molecule has 86 valence electrons. The van der Waals surface area contributed by atoms with Gasteiger partial charge in [-0.2, -0.15) is 5.26 Å². The Morgan fingerprint density at radius 3 is 2.75 bits per heavy atom. The zero-order valence-electron chi connectivity index (χ0n) is 9.99. The van der Waals surface area contributed by atoms with Crippen molar-refractivity contribution >= 4 is 0 Å². The minimum absolute atomic E-state index is 0.169. The first-order valence-corrected chi connectivity index (χ1v) is 5.39. The number of ether oxygens (including phenoxy) is 2. The molecule has 0 aliphatic carbocycles. The van der Waals surface area contributed by atoms with Gasteiger partial charge in [-0.15, -0.1) is 0 Å². The summed E-state index contributed by atoms with van der Waals surface area (Å²) >= 11 is 0. The lowest BCUT2D eigenvalue weighted by Crippen LogP contribution is -2.05. The molecule has 1 aromatic carbocycles. The molecule has 0 heterocycles. The van der Waals surface area contributed by atoms with Crippen LogP contribution < -0.4 is 4.74 Å². The predicted octanol–water partition coefficient (Wildman–Crippen LogP) is 3.05. The Balaban J connectivity index is 3.11. The number of hydrogen-bond donors (Lipinski definition) is 0. The minimum Gasteiger partial charge on any atom is -0.466 e. The van der Waals surface area contributed by atoms with Crippen LogP contribution in [-0.4, -0.2) is 13.9 Å². The van der Waals surface area contributed by atoms with Gasteiger partial charge >= 0.3 is 0 Å². The Morgan fingerprint density at radius 2 is 2.19 bits per heavy atom. The van der Waals surface area contributed by atoms with E-state index in [1.165, 1.54) is 0 Å². The van der Waals surface area contributed by atoms with Crippen LogP contribution in [0.25, 0.3) is 0 Å². The number of benzene rings is 1. The molecule has 16 heavy (non-hydrogen) atoms. The van der Waals surface area contributed by atoms with E-state index in [-0.39, 0.29) is 6.79 Å². The normalized spacial score (nSPS) is 11.9. The van der Waals surface area contributed by atoms with E-state index in [9.17, 15) is 0 Å². The van der Waals surface area contributed by atoms with Gasteiger partial charge in [0.15, 0.2) is 6.79 Å². The Labute approximate surface area is 96.6 Å². The van der Waals surface area contributed by atoms with Gasteiger partial charge in [0.1, 0.15) is 11.8 Å². The van der Waals surface area contributed by atoms with Crippen molar-refractivity contribution in [3.05, 3.63) is 29.3 Å². The fourth-order valence-electron chi connectivity index (χ4n) is 1.53. The quantitative estimate of drug-likeness (QED) is 0.715. The van der Waals surface area contributed by atoms with Gasteiger partial charge < -0.3 is 9.47 Å². The van der Waals surface area contributed by atoms with Crippen molar-refractivity contribution in [3.8, 4) is 11.8 Å². The molecule has 0 fully saturated rings. The molecule has 0 aliphatic heterocycles. The first-order chi connectivity index (χ1) is 7.74. The number of rotatable bonds is 5. The maximum absolute atomic E-state index is 9.03. The number of nitrogens with zero attached hydrogens (tertiary/aromatic N) is 1. The highest BCUT2D eigenvalue weighted by Gasteiger charge is 2.13. The molecule has 0 amide bonds. The van der Waals surface area contributed by atoms with Crippen LogP contribution in [0.2, 0.25) is 0 Å². The largest absolute Gasteiger partial charge is 0.466 e. The van der Waals surface area contributed by atoms with E-state index in [4.69, 9.17) is 14.7 Å². The van der Waals surface area contributed by atoms with Crippen LogP contribution in [0.15, 0.2) is 18.2 Å². The molecule has 0 aromatic heterocycles. The molecule has 3 nitrogen and oxygen atoms in total. The van der Waals surface area contributed by atoms with Crippen LogP contribution in [-0.2, 0) is 4.74 Å². The molecule has 1 atom stereocenters. The Hall–Kier alpha value is -1.53. The summed E-state index contributed by atoms with van der Waals surface area (Å²) in [4.78, 5) is 0. The first-order valence-electron chi connectivity index (χ1n) is 5.39. The third kappa shape index (κ3) is 2.74. The average molecular weight is 219 g/mol. The van der Waals surface area contributed by atoms with Crippen LogP contribution in [0, 0.1) is 11.3 Å². The van der Waals surface area contributed by atoms with Crippen LogP contribution in [0.5, 0.6) is 5.75 Å². The Morgan fingerprint density at radius 1 is 1.44 bits per heavy atom. The van der Waals surface area contributed by atoms with Crippen molar-refractivity contribution in [3.63, 3.8) is 0 Å². The third-order valence-electron chi connectivity index (χ3n) is 2.63. The molecule has 0 spiro atoms. The van der Waals surface area contributed by atoms with E-state index in [0.717, 1.165) is 12.0 Å². The van der Waals surface area contributed by atoms with Crippen molar-refractivity contribution in [2.75, 3.05) is 13.9 Å². The maximum Gasteiger partial charge on any atom is 0.188 e. The second-order valence-corrected chi connectivity index (χ2v) is 3.70. The number of methoxy groups -OCH3 is 1. The standard InChI is InChI=1S/C13H17NO2/c1-4-10(2)12-7-5-6-11(8-14)13(12)16-9-15-3/h5-7,10H,4,9H2,1-3H3. The zero-order valence-corrected chi connectivity index (χ0v) is 9.99. The molecule has 0 saturated carbocycles. The molecule has 3 heteroatoms. The van der Waals surface area contributed by atoms with Crippen molar-refractivity contribution in [2.24, 2.45) is 0 Å². The summed E-state index contributed by atoms with van der Waals surface area (Å²) in [7, 11) is 1.57. The highest BCUT2D eigenvalue weighted by molar-refractivity contribution is 5.49. The van der Waals surface area contributed by atoms with E-state index in [0.29, 0.717) is 17.2 Å². The molecule has 0 saturated heterocycles. The Kier molecular flexibility index (Phi) is 4.81. The van der Waals surface area contributed by atoms with Crippen molar-refractivity contribution in [2.45, 2.75) is 26.2 Å². The minimum atomic E-state index is 0.169. The van der Waals surface area contributed by atoms with E-state index >= 15 is 0 Å². The summed E-state index contributed by atoms with van der Waals surface area (Å²) in [5.41, 5.74) is 1.63. The molecule has 1 unspecified atom stereocenters. The molecular formula is C13H17NO2. The van der Waals surface area contributed by atoms with Crippen LogP contribution >= 0.6 is 0 Å². The molecule has 0 radical (unpaired) electrons. The monoisotopic (exact) mass is 219 g/mol.